The third-order valence-electron chi connectivity index (χ3n) is 9.77. The van der Waals surface area contributed by atoms with Gasteiger partial charge in [0.1, 0.15) is 33.4 Å². The highest BCUT2D eigenvalue weighted by molar-refractivity contribution is 8.15. The zero-order valence-electron chi connectivity index (χ0n) is 29.9. The minimum Gasteiger partial charge on any atom is -0.352 e. The smallest absolute Gasteiger partial charge is 0.159 e. The van der Waals surface area contributed by atoms with Gasteiger partial charge in [-0.05, 0) is 59.1 Å². The Morgan fingerprint density at radius 1 is 0.620 bits per heavy atom. The van der Waals surface area contributed by atoms with E-state index < -0.39 is 0 Å². The van der Waals surface area contributed by atoms with Crippen LogP contribution >= 0.6 is 46.2 Å². The molecule has 0 atom stereocenters. The number of hydrogen-bond acceptors (Lipinski definition) is 14. The molecule has 0 saturated carbocycles. The monoisotopic (exact) mass is 748 g/mol. The minimum atomic E-state index is 0.204. The molecule has 0 aliphatic carbocycles. The van der Waals surface area contributed by atoms with Crippen molar-refractivity contribution in [3.63, 3.8) is 0 Å². The van der Waals surface area contributed by atoms with E-state index >= 15 is 0 Å². The Morgan fingerprint density at radius 2 is 1.16 bits per heavy atom. The SMILES string of the molecule is CCCc1cc2c(N3CCN(C4=NCC(C)(C)S4)CC3)nc(CCCc3cc4c(N5CCN(C6=NCC(C)(C)S6)CC5)ncnc4s3)nc2s1. The quantitative estimate of drug-likeness (QED) is 0.191. The van der Waals surface area contributed by atoms with Gasteiger partial charge in [0, 0.05) is 78.0 Å². The zero-order valence-corrected chi connectivity index (χ0v) is 33.2. The molecule has 2 saturated heterocycles. The number of aliphatic imine (C=N–C) groups is 2. The molecule has 0 unspecified atom stereocenters. The third kappa shape index (κ3) is 7.31. The van der Waals surface area contributed by atoms with Gasteiger partial charge < -0.3 is 19.6 Å². The first kappa shape index (κ1) is 34.4. The Balaban J connectivity index is 0.931. The largest absolute Gasteiger partial charge is 0.352 e. The molecule has 0 bridgehead atoms. The van der Waals surface area contributed by atoms with Gasteiger partial charge in [-0.25, -0.2) is 19.9 Å². The molecule has 8 rings (SSSR count). The Morgan fingerprint density at radius 3 is 1.74 bits per heavy atom. The molecule has 14 heteroatoms. The zero-order chi connectivity index (χ0) is 34.5. The highest BCUT2D eigenvalue weighted by Crippen LogP contribution is 2.37. The molecule has 4 aromatic heterocycles. The summed E-state index contributed by atoms with van der Waals surface area (Å²) >= 11 is 7.49. The number of aryl methyl sites for hydroxylation is 3. The standard InChI is InChI=1S/C36H48N10S4/c1-6-8-24-19-27-30(44-13-17-46(18-14-44)34-38-22-36(4,5)50-34)41-28(42-32(27)48-24)10-7-9-25-20-26-29(39-23-40-31(26)47-25)43-11-15-45(16-12-43)33-37-21-35(2,3)49-33/h19-20,23H,6-18,21-22H2,1-5H3. The molecular formula is C36H48N10S4. The predicted octanol–water partition coefficient (Wildman–Crippen LogP) is 6.83. The molecule has 10 nitrogen and oxygen atoms in total. The molecule has 4 aromatic rings. The van der Waals surface area contributed by atoms with Gasteiger partial charge in [0.25, 0.3) is 0 Å². The summed E-state index contributed by atoms with van der Waals surface area (Å²) in [4.78, 5) is 44.4. The average molecular weight is 749 g/mol. The number of hydrogen-bond donors (Lipinski definition) is 0. The Kier molecular flexibility index (Phi) is 9.66. The number of rotatable bonds is 8. The second-order valence-electron chi connectivity index (χ2n) is 15.0. The van der Waals surface area contributed by atoms with Crippen LogP contribution in [0.2, 0.25) is 0 Å². The molecule has 4 aliphatic heterocycles. The van der Waals surface area contributed by atoms with Gasteiger partial charge >= 0.3 is 0 Å². The van der Waals surface area contributed by atoms with Crippen LogP contribution in [0.3, 0.4) is 0 Å². The van der Waals surface area contributed by atoms with Crippen LogP contribution in [0.25, 0.3) is 20.4 Å². The number of aromatic nitrogens is 4. The summed E-state index contributed by atoms with van der Waals surface area (Å²) < 4.78 is 0.412. The molecule has 0 aromatic carbocycles. The molecule has 2 fully saturated rings. The predicted molar refractivity (Wildman–Crippen MR) is 216 cm³/mol. The van der Waals surface area contributed by atoms with E-state index in [0.717, 1.165) is 125 Å². The van der Waals surface area contributed by atoms with Crippen LogP contribution in [0.15, 0.2) is 28.4 Å². The Labute approximate surface area is 312 Å². The second kappa shape index (κ2) is 14.0. The maximum Gasteiger partial charge on any atom is 0.159 e. The topological polar surface area (TPSA) is 89.2 Å². The van der Waals surface area contributed by atoms with Crippen LogP contribution in [-0.2, 0) is 19.3 Å². The lowest BCUT2D eigenvalue weighted by molar-refractivity contribution is 0.391. The number of thiophene rings is 2. The highest BCUT2D eigenvalue weighted by atomic mass is 32.2. The number of fused-ring (bicyclic) bond motifs is 2. The molecule has 0 radical (unpaired) electrons. The van der Waals surface area contributed by atoms with E-state index in [1.165, 1.54) is 30.9 Å². The van der Waals surface area contributed by atoms with E-state index in [1.807, 2.05) is 34.9 Å². The summed E-state index contributed by atoms with van der Waals surface area (Å²) in [5, 5.41) is 4.82. The van der Waals surface area contributed by atoms with Crippen LogP contribution in [0.1, 0.15) is 63.0 Å². The van der Waals surface area contributed by atoms with Crippen molar-refractivity contribution in [3.8, 4) is 0 Å². The fourth-order valence-electron chi connectivity index (χ4n) is 7.10. The van der Waals surface area contributed by atoms with E-state index in [9.17, 15) is 0 Å². The molecule has 266 valence electrons. The van der Waals surface area contributed by atoms with Crippen LogP contribution in [0, 0.1) is 0 Å². The van der Waals surface area contributed by atoms with Gasteiger partial charge in [-0.3, -0.25) is 9.98 Å². The van der Waals surface area contributed by atoms with Crippen LogP contribution in [0.4, 0.5) is 11.6 Å². The van der Waals surface area contributed by atoms with Gasteiger partial charge in [0.15, 0.2) is 10.3 Å². The summed E-state index contributed by atoms with van der Waals surface area (Å²) in [6.07, 6.45) is 6.82. The average Bonchev–Trinajstić information content (AvgIpc) is 3.89. The van der Waals surface area contributed by atoms with Crippen molar-refractivity contribution in [1.29, 1.82) is 0 Å². The van der Waals surface area contributed by atoms with E-state index in [0.29, 0.717) is 0 Å². The van der Waals surface area contributed by atoms with Crippen LogP contribution in [0.5, 0.6) is 0 Å². The van der Waals surface area contributed by atoms with Crippen molar-refractivity contribution in [2.24, 2.45) is 9.98 Å². The van der Waals surface area contributed by atoms with Crippen molar-refractivity contribution in [2.45, 2.75) is 76.2 Å². The van der Waals surface area contributed by atoms with E-state index in [-0.39, 0.29) is 9.49 Å². The number of amidine groups is 2. The van der Waals surface area contributed by atoms with Gasteiger partial charge in [0.2, 0.25) is 0 Å². The van der Waals surface area contributed by atoms with E-state index in [1.54, 1.807) is 17.7 Å². The summed E-state index contributed by atoms with van der Waals surface area (Å²) in [5.41, 5.74) is 0. The molecule has 8 heterocycles. The lowest BCUT2D eigenvalue weighted by Gasteiger charge is -2.36. The van der Waals surface area contributed by atoms with Crippen LogP contribution < -0.4 is 9.80 Å². The summed E-state index contributed by atoms with van der Waals surface area (Å²) in [6.45, 7) is 20.9. The molecule has 0 N–H and O–H groups in total. The second-order valence-corrected chi connectivity index (χ2v) is 20.6. The number of thioether (sulfide) groups is 2. The molecule has 0 spiro atoms. The van der Waals surface area contributed by atoms with Crippen molar-refractivity contribution >= 4 is 88.6 Å². The summed E-state index contributed by atoms with van der Waals surface area (Å²) in [6, 6.07) is 4.69. The molecule has 4 aliphatic rings. The van der Waals surface area contributed by atoms with E-state index in [4.69, 9.17) is 24.9 Å². The third-order valence-corrected chi connectivity index (χ3v) is 14.5. The first-order chi connectivity index (χ1) is 24.1. The molecular weight excluding hydrogens is 701 g/mol. The molecule has 0 amide bonds. The minimum absolute atomic E-state index is 0.204. The van der Waals surface area contributed by atoms with E-state index in [2.05, 4.69) is 71.3 Å². The lowest BCUT2D eigenvalue weighted by atomic mass is 10.2. The summed E-state index contributed by atoms with van der Waals surface area (Å²) in [7, 11) is 0. The van der Waals surface area contributed by atoms with Crippen molar-refractivity contribution in [1.82, 2.24) is 29.7 Å². The van der Waals surface area contributed by atoms with Crippen molar-refractivity contribution in [2.75, 3.05) is 75.2 Å². The number of anilines is 2. The highest BCUT2D eigenvalue weighted by Gasteiger charge is 2.33. The number of nitrogens with zero attached hydrogens (tertiary/aromatic N) is 10. The maximum absolute atomic E-state index is 5.26. The number of piperazine rings is 2. The van der Waals surface area contributed by atoms with Crippen molar-refractivity contribution in [3.05, 3.63) is 34.0 Å². The lowest BCUT2D eigenvalue weighted by Crippen LogP contribution is -2.48. The van der Waals surface area contributed by atoms with Gasteiger partial charge in [0.05, 0.1) is 23.9 Å². The first-order valence-electron chi connectivity index (χ1n) is 18.1. The van der Waals surface area contributed by atoms with Gasteiger partial charge in [-0.15, -0.1) is 22.7 Å². The van der Waals surface area contributed by atoms with Crippen molar-refractivity contribution < 1.29 is 0 Å². The fourth-order valence-corrected chi connectivity index (χ4v) is 11.4. The fraction of sp³-hybridized carbons (Fsp3) is 0.611. The van der Waals surface area contributed by atoms with Gasteiger partial charge in [-0.2, -0.15) is 0 Å². The first-order valence-corrected chi connectivity index (χ1v) is 21.4. The van der Waals surface area contributed by atoms with Crippen LogP contribution in [-0.4, -0.2) is 115 Å². The summed E-state index contributed by atoms with van der Waals surface area (Å²) in [5.74, 6) is 3.15. The molecule has 50 heavy (non-hydrogen) atoms. The Bertz CT molecular complexity index is 1910. The maximum atomic E-state index is 5.26. The normalized spacial score (nSPS) is 20.7. The Hall–Kier alpha value is -2.68. The van der Waals surface area contributed by atoms with Gasteiger partial charge in [-0.1, -0.05) is 36.9 Å².